The van der Waals surface area contributed by atoms with Gasteiger partial charge in [-0.3, -0.25) is 0 Å². The van der Waals surface area contributed by atoms with Crippen molar-refractivity contribution >= 4 is 41.0 Å². The molecule has 0 aliphatic heterocycles. The van der Waals surface area contributed by atoms with Crippen molar-refractivity contribution < 1.29 is 4.74 Å². The SMILES string of the molecule is CCNC(=NCc1ccc(Cn2cnc3ccccc32)cc1)NCCN(C)CCCOC.I. The van der Waals surface area contributed by atoms with Crippen LogP contribution in [-0.4, -0.2) is 67.4 Å². The second kappa shape index (κ2) is 14.9. The number of aliphatic imine (C=N–C) groups is 1. The Labute approximate surface area is 214 Å². The second-order valence-electron chi connectivity index (χ2n) is 7.95. The number of aromatic nitrogens is 2. The van der Waals surface area contributed by atoms with Gasteiger partial charge in [-0.2, -0.15) is 0 Å². The van der Waals surface area contributed by atoms with E-state index in [1.54, 1.807) is 7.11 Å². The molecule has 1 aromatic heterocycles. The first-order chi connectivity index (χ1) is 15.7. The number of benzene rings is 2. The van der Waals surface area contributed by atoms with Crippen molar-refractivity contribution in [3.05, 3.63) is 66.0 Å². The topological polar surface area (TPSA) is 66.7 Å². The summed E-state index contributed by atoms with van der Waals surface area (Å²) in [7, 11) is 3.88. The average Bonchev–Trinajstić information content (AvgIpc) is 3.21. The number of imidazole rings is 1. The minimum atomic E-state index is 0. The van der Waals surface area contributed by atoms with E-state index in [1.807, 2.05) is 18.5 Å². The predicted molar refractivity (Wildman–Crippen MR) is 148 cm³/mol. The van der Waals surface area contributed by atoms with Crippen LogP contribution in [0.4, 0.5) is 0 Å². The first kappa shape index (κ1) is 27.1. The first-order valence-electron chi connectivity index (χ1n) is 11.4. The van der Waals surface area contributed by atoms with Gasteiger partial charge in [-0.05, 0) is 43.7 Å². The average molecular weight is 565 g/mol. The van der Waals surface area contributed by atoms with E-state index in [0.29, 0.717) is 6.54 Å². The van der Waals surface area contributed by atoms with Gasteiger partial charge in [0.2, 0.25) is 0 Å². The van der Waals surface area contributed by atoms with Crippen molar-refractivity contribution in [2.45, 2.75) is 26.4 Å². The van der Waals surface area contributed by atoms with E-state index < -0.39 is 0 Å². The standard InChI is InChI=1S/C25H36N6O.HI/c1-4-26-25(27-14-16-30(2)15-7-17-32-3)28-18-21-10-12-22(13-11-21)19-31-20-29-23-8-5-6-9-24(23)31;/h5-6,8-13,20H,4,7,14-19H2,1-3H3,(H2,26,27,28);1H. The molecule has 7 nitrogen and oxygen atoms in total. The molecule has 180 valence electrons. The summed E-state index contributed by atoms with van der Waals surface area (Å²) in [5.74, 6) is 0.853. The number of nitrogens with zero attached hydrogens (tertiary/aromatic N) is 4. The number of para-hydroxylation sites is 2. The first-order valence-corrected chi connectivity index (χ1v) is 11.4. The van der Waals surface area contributed by atoms with Gasteiger partial charge in [0.1, 0.15) is 0 Å². The highest BCUT2D eigenvalue weighted by Gasteiger charge is 2.04. The summed E-state index contributed by atoms with van der Waals surface area (Å²) in [4.78, 5) is 11.5. The Morgan fingerprint density at radius 2 is 1.82 bits per heavy atom. The lowest BCUT2D eigenvalue weighted by atomic mass is 10.1. The zero-order valence-electron chi connectivity index (χ0n) is 20.0. The van der Waals surface area contributed by atoms with E-state index in [9.17, 15) is 0 Å². The summed E-state index contributed by atoms with van der Waals surface area (Å²) >= 11 is 0. The molecule has 0 radical (unpaired) electrons. The molecule has 2 N–H and O–H groups in total. The quantitative estimate of drug-likeness (QED) is 0.152. The number of nitrogens with one attached hydrogen (secondary N) is 2. The van der Waals surface area contributed by atoms with Gasteiger partial charge >= 0.3 is 0 Å². The summed E-state index contributed by atoms with van der Waals surface area (Å²) in [6, 6.07) is 16.9. The van der Waals surface area contributed by atoms with Crippen molar-refractivity contribution in [1.29, 1.82) is 0 Å². The van der Waals surface area contributed by atoms with Crippen LogP contribution in [0.25, 0.3) is 11.0 Å². The lowest BCUT2D eigenvalue weighted by molar-refractivity contribution is 0.180. The number of ether oxygens (including phenoxy) is 1. The zero-order valence-corrected chi connectivity index (χ0v) is 22.3. The molecule has 3 aromatic rings. The summed E-state index contributed by atoms with van der Waals surface area (Å²) < 4.78 is 7.30. The Morgan fingerprint density at radius 3 is 2.58 bits per heavy atom. The van der Waals surface area contributed by atoms with Gasteiger partial charge in [0, 0.05) is 46.4 Å². The minimum Gasteiger partial charge on any atom is -0.385 e. The molecule has 2 aromatic carbocycles. The van der Waals surface area contributed by atoms with Gasteiger partial charge in [0.05, 0.1) is 23.9 Å². The molecule has 0 atom stereocenters. The number of guanidine groups is 1. The van der Waals surface area contributed by atoms with Crippen LogP contribution in [0.15, 0.2) is 59.9 Å². The molecule has 0 bridgehead atoms. The fourth-order valence-electron chi connectivity index (χ4n) is 3.55. The third kappa shape index (κ3) is 8.94. The maximum absolute atomic E-state index is 5.12. The highest BCUT2D eigenvalue weighted by molar-refractivity contribution is 14.0. The second-order valence-corrected chi connectivity index (χ2v) is 7.95. The summed E-state index contributed by atoms with van der Waals surface area (Å²) in [6.45, 7) is 8.04. The number of rotatable bonds is 12. The third-order valence-corrected chi connectivity index (χ3v) is 5.34. The van der Waals surface area contributed by atoms with Crippen LogP contribution in [0.3, 0.4) is 0 Å². The maximum atomic E-state index is 5.12. The number of fused-ring (bicyclic) bond motifs is 1. The Kier molecular flexibility index (Phi) is 12.2. The minimum absolute atomic E-state index is 0. The number of halogens is 1. The van der Waals surface area contributed by atoms with Crippen LogP contribution in [0.5, 0.6) is 0 Å². The molecular weight excluding hydrogens is 527 g/mol. The van der Waals surface area contributed by atoms with Gasteiger partial charge in [-0.1, -0.05) is 36.4 Å². The fourth-order valence-corrected chi connectivity index (χ4v) is 3.55. The molecule has 0 saturated heterocycles. The lowest BCUT2D eigenvalue weighted by Gasteiger charge is -2.18. The maximum Gasteiger partial charge on any atom is 0.191 e. The van der Waals surface area contributed by atoms with Gasteiger partial charge < -0.3 is 24.8 Å². The van der Waals surface area contributed by atoms with E-state index >= 15 is 0 Å². The van der Waals surface area contributed by atoms with Crippen LogP contribution >= 0.6 is 24.0 Å². The van der Waals surface area contributed by atoms with E-state index in [4.69, 9.17) is 9.73 Å². The smallest absolute Gasteiger partial charge is 0.191 e. The number of hydrogen-bond donors (Lipinski definition) is 2. The molecule has 8 heteroatoms. The summed E-state index contributed by atoms with van der Waals surface area (Å²) in [5, 5.41) is 6.75. The molecule has 0 spiro atoms. The summed E-state index contributed by atoms with van der Waals surface area (Å²) in [5.41, 5.74) is 4.63. The molecular formula is C25H37IN6O. The monoisotopic (exact) mass is 564 g/mol. The Balaban J connectivity index is 0.00000385. The van der Waals surface area contributed by atoms with Crippen molar-refractivity contribution in [3.63, 3.8) is 0 Å². The van der Waals surface area contributed by atoms with Crippen molar-refractivity contribution in [3.8, 4) is 0 Å². The normalized spacial score (nSPS) is 11.6. The zero-order chi connectivity index (χ0) is 22.6. The molecule has 3 rings (SSSR count). The fraction of sp³-hybridized carbons (Fsp3) is 0.440. The van der Waals surface area contributed by atoms with Gasteiger partial charge in [-0.15, -0.1) is 24.0 Å². The van der Waals surface area contributed by atoms with Crippen molar-refractivity contribution in [1.82, 2.24) is 25.1 Å². The molecule has 0 aliphatic carbocycles. The molecule has 0 unspecified atom stereocenters. The van der Waals surface area contributed by atoms with Crippen LogP contribution in [0.1, 0.15) is 24.5 Å². The van der Waals surface area contributed by atoms with Crippen LogP contribution in [-0.2, 0) is 17.8 Å². The molecule has 0 aliphatic rings. The predicted octanol–water partition coefficient (Wildman–Crippen LogP) is 3.73. The number of methoxy groups -OCH3 is 1. The summed E-state index contributed by atoms with van der Waals surface area (Å²) in [6.07, 6.45) is 2.96. The van der Waals surface area contributed by atoms with Crippen molar-refractivity contribution in [2.24, 2.45) is 4.99 Å². The molecule has 33 heavy (non-hydrogen) atoms. The molecule has 1 heterocycles. The van der Waals surface area contributed by atoms with Gasteiger partial charge in [0.25, 0.3) is 0 Å². The largest absolute Gasteiger partial charge is 0.385 e. The van der Waals surface area contributed by atoms with Crippen LogP contribution < -0.4 is 10.6 Å². The molecule has 0 fully saturated rings. The van der Waals surface area contributed by atoms with Crippen molar-refractivity contribution in [2.75, 3.05) is 46.9 Å². The van der Waals surface area contributed by atoms with Gasteiger partial charge in [0.15, 0.2) is 5.96 Å². The highest BCUT2D eigenvalue weighted by Crippen LogP contribution is 2.14. The van der Waals surface area contributed by atoms with Crippen LogP contribution in [0, 0.1) is 0 Å². The Hall–Kier alpha value is -2.17. The van der Waals surface area contributed by atoms with E-state index in [2.05, 4.69) is 75.5 Å². The lowest BCUT2D eigenvalue weighted by Crippen LogP contribution is -2.41. The Bertz CT molecular complexity index is 972. The number of hydrogen-bond acceptors (Lipinski definition) is 4. The number of likely N-dealkylation sites (N-methyl/N-ethyl adjacent to an activating group) is 1. The molecule has 0 saturated carbocycles. The van der Waals surface area contributed by atoms with Gasteiger partial charge in [-0.25, -0.2) is 9.98 Å². The van der Waals surface area contributed by atoms with Crippen LogP contribution in [0.2, 0.25) is 0 Å². The van der Waals surface area contributed by atoms with E-state index in [-0.39, 0.29) is 24.0 Å². The highest BCUT2D eigenvalue weighted by atomic mass is 127. The van der Waals surface area contributed by atoms with E-state index in [0.717, 1.165) is 62.7 Å². The third-order valence-electron chi connectivity index (χ3n) is 5.34. The molecule has 0 amide bonds. The van der Waals surface area contributed by atoms with E-state index in [1.165, 1.54) is 11.1 Å². The Morgan fingerprint density at radius 1 is 1.06 bits per heavy atom.